The third-order valence-corrected chi connectivity index (χ3v) is 5.23. The van der Waals surface area contributed by atoms with Crippen molar-refractivity contribution >= 4 is 23.4 Å². The summed E-state index contributed by atoms with van der Waals surface area (Å²) < 4.78 is 21.4. The number of hydrogen-bond donors (Lipinski definition) is 3. The molecule has 31 heavy (non-hydrogen) atoms. The van der Waals surface area contributed by atoms with Gasteiger partial charge in [0.2, 0.25) is 5.91 Å². The zero-order valence-corrected chi connectivity index (χ0v) is 18.4. The van der Waals surface area contributed by atoms with Crippen molar-refractivity contribution in [1.29, 1.82) is 0 Å². The Morgan fingerprint density at radius 3 is 2.77 bits per heavy atom. The van der Waals surface area contributed by atoms with E-state index in [0.717, 1.165) is 0 Å². The molecular formula is C21H26ClFN4O4. The monoisotopic (exact) mass is 452 g/mol. The van der Waals surface area contributed by atoms with Gasteiger partial charge in [-0.1, -0.05) is 32.4 Å². The minimum absolute atomic E-state index is 0.0818. The number of benzene rings is 1. The quantitative estimate of drug-likeness (QED) is 0.621. The highest BCUT2D eigenvalue weighted by atomic mass is 35.5. The molecule has 1 aromatic heterocycles. The van der Waals surface area contributed by atoms with Crippen LogP contribution in [-0.4, -0.2) is 52.5 Å². The molecule has 1 aliphatic heterocycles. The lowest BCUT2D eigenvalue weighted by Gasteiger charge is -2.30. The van der Waals surface area contributed by atoms with E-state index in [9.17, 15) is 14.0 Å². The molecule has 8 nitrogen and oxygen atoms in total. The van der Waals surface area contributed by atoms with Crippen molar-refractivity contribution in [3.8, 4) is 5.69 Å². The van der Waals surface area contributed by atoms with Crippen LogP contribution in [0.4, 0.5) is 4.39 Å². The fraction of sp³-hybridized carbons (Fsp3) is 0.476. The van der Waals surface area contributed by atoms with Crippen LogP contribution < -0.4 is 10.6 Å². The maximum Gasteiger partial charge on any atom is 0.272 e. The third kappa shape index (κ3) is 5.06. The van der Waals surface area contributed by atoms with Gasteiger partial charge in [-0.25, -0.2) is 9.07 Å². The first-order valence-corrected chi connectivity index (χ1v) is 10.3. The van der Waals surface area contributed by atoms with Gasteiger partial charge in [0.05, 0.1) is 25.5 Å². The Morgan fingerprint density at radius 2 is 2.13 bits per heavy atom. The van der Waals surface area contributed by atoms with Gasteiger partial charge < -0.3 is 20.5 Å². The van der Waals surface area contributed by atoms with E-state index in [4.69, 9.17) is 21.4 Å². The van der Waals surface area contributed by atoms with Crippen molar-refractivity contribution in [1.82, 2.24) is 20.4 Å². The van der Waals surface area contributed by atoms with Gasteiger partial charge in [0.25, 0.3) is 5.91 Å². The van der Waals surface area contributed by atoms with E-state index in [-0.39, 0.29) is 36.2 Å². The number of aliphatic hydroxyl groups excluding tert-OH is 1. The number of aromatic nitrogens is 2. The molecule has 1 atom stereocenters. The highest BCUT2D eigenvalue weighted by Crippen LogP contribution is 2.27. The SMILES string of the molecule is CC(C)(C)C(NC(=O)c1nn(-c2ccc(Cl)cc2F)c2c1CCOC2)C(=O)NCCO. The van der Waals surface area contributed by atoms with Gasteiger partial charge >= 0.3 is 0 Å². The average Bonchev–Trinajstić information content (AvgIpc) is 3.09. The summed E-state index contributed by atoms with van der Waals surface area (Å²) in [5, 5.41) is 19.0. The number of hydrogen-bond acceptors (Lipinski definition) is 5. The maximum atomic E-state index is 14.5. The highest BCUT2D eigenvalue weighted by Gasteiger charge is 2.35. The lowest BCUT2D eigenvalue weighted by molar-refractivity contribution is -0.125. The standard InChI is InChI=1S/C21H26ClFN4O4/c1-21(2,3)18(20(30)24-7-8-28)25-19(29)17-13-6-9-31-11-16(13)27(26-17)15-5-4-12(22)10-14(15)23/h4-5,10,18,28H,6-9,11H2,1-3H3,(H,24,30)(H,25,29). The first-order chi connectivity index (χ1) is 14.6. The van der Waals surface area contributed by atoms with Gasteiger partial charge in [0.1, 0.15) is 17.5 Å². The van der Waals surface area contributed by atoms with E-state index >= 15 is 0 Å². The van der Waals surface area contributed by atoms with Gasteiger partial charge in [-0.05, 0) is 23.6 Å². The van der Waals surface area contributed by atoms with Crippen LogP contribution in [-0.2, 0) is 22.6 Å². The molecule has 0 radical (unpaired) electrons. The fourth-order valence-corrected chi connectivity index (χ4v) is 3.59. The maximum absolute atomic E-state index is 14.5. The molecule has 2 aromatic rings. The van der Waals surface area contributed by atoms with Crippen LogP contribution in [0.25, 0.3) is 5.69 Å². The van der Waals surface area contributed by atoms with E-state index < -0.39 is 29.1 Å². The molecule has 1 unspecified atom stereocenters. The van der Waals surface area contributed by atoms with Crippen LogP contribution in [0, 0.1) is 11.2 Å². The summed E-state index contributed by atoms with van der Waals surface area (Å²) in [5.74, 6) is -1.52. The Hall–Kier alpha value is -2.49. The number of aliphatic hydroxyl groups is 1. The molecule has 0 spiro atoms. The summed E-state index contributed by atoms with van der Waals surface area (Å²) in [7, 11) is 0. The number of halogens is 2. The summed E-state index contributed by atoms with van der Waals surface area (Å²) in [5.41, 5.74) is 0.912. The molecule has 3 N–H and O–H groups in total. The number of ether oxygens (including phenoxy) is 1. The Bertz CT molecular complexity index is 986. The van der Waals surface area contributed by atoms with Gasteiger partial charge in [0, 0.05) is 23.6 Å². The molecule has 1 aliphatic rings. The molecule has 0 saturated carbocycles. The molecule has 0 aliphatic carbocycles. The first-order valence-electron chi connectivity index (χ1n) is 9.97. The van der Waals surface area contributed by atoms with Crippen LogP contribution >= 0.6 is 11.6 Å². The minimum atomic E-state index is -0.862. The van der Waals surface area contributed by atoms with Crippen LogP contribution in [0.3, 0.4) is 0 Å². The zero-order valence-electron chi connectivity index (χ0n) is 17.7. The number of rotatable bonds is 6. The number of amides is 2. The number of carbonyl (C=O) groups is 2. The number of fused-ring (bicyclic) bond motifs is 1. The summed E-state index contributed by atoms with van der Waals surface area (Å²) in [6.45, 7) is 5.92. The molecule has 1 aromatic carbocycles. The summed E-state index contributed by atoms with van der Waals surface area (Å²) in [4.78, 5) is 25.7. The fourth-order valence-electron chi connectivity index (χ4n) is 3.43. The van der Waals surface area contributed by atoms with Gasteiger partial charge in [0.15, 0.2) is 5.69 Å². The topological polar surface area (TPSA) is 105 Å². The van der Waals surface area contributed by atoms with Crippen molar-refractivity contribution in [3.05, 3.63) is 46.0 Å². The first kappa shape index (κ1) is 23.2. The number of carbonyl (C=O) groups excluding carboxylic acids is 2. The Balaban J connectivity index is 1.97. The minimum Gasteiger partial charge on any atom is -0.395 e. The Morgan fingerprint density at radius 1 is 1.39 bits per heavy atom. The second-order valence-corrected chi connectivity index (χ2v) is 8.81. The van der Waals surface area contributed by atoms with E-state index in [1.165, 1.54) is 16.8 Å². The lowest BCUT2D eigenvalue weighted by Crippen LogP contribution is -2.54. The highest BCUT2D eigenvalue weighted by molar-refractivity contribution is 6.30. The molecule has 0 bridgehead atoms. The van der Waals surface area contributed by atoms with E-state index in [0.29, 0.717) is 24.3 Å². The second kappa shape index (κ2) is 9.33. The van der Waals surface area contributed by atoms with Crippen LogP contribution in [0.1, 0.15) is 42.5 Å². The predicted octanol–water partition coefficient (Wildman–Crippen LogP) is 1.99. The molecule has 2 heterocycles. The Labute approximate surface area is 184 Å². The molecular weight excluding hydrogens is 427 g/mol. The summed E-state index contributed by atoms with van der Waals surface area (Å²) in [6, 6.07) is 3.34. The smallest absolute Gasteiger partial charge is 0.272 e. The van der Waals surface area contributed by atoms with E-state index in [1.807, 2.05) is 20.8 Å². The summed E-state index contributed by atoms with van der Waals surface area (Å²) in [6.07, 6.45) is 0.435. The largest absolute Gasteiger partial charge is 0.395 e. The van der Waals surface area contributed by atoms with Crippen LogP contribution in [0.5, 0.6) is 0 Å². The zero-order chi connectivity index (χ0) is 22.8. The third-order valence-electron chi connectivity index (χ3n) is 4.99. The van der Waals surface area contributed by atoms with E-state index in [1.54, 1.807) is 6.07 Å². The second-order valence-electron chi connectivity index (χ2n) is 8.37. The van der Waals surface area contributed by atoms with Crippen molar-refractivity contribution in [2.75, 3.05) is 19.8 Å². The van der Waals surface area contributed by atoms with E-state index in [2.05, 4.69) is 15.7 Å². The molecule has 0 fully saturated rings. The van der Waals surface area contributed by atoms with Gasteiger partial charge in [-0.15, -0.1) is 0 Å². The van der Waals surface area contributed by atoms with Crippen LogP contribution in [0.2, 0.25) is 5.02 Å². The van der Waals surface area contributed by atoms with Crippen molar-refractivity contribution in [3.63, 3.8) is 0 Å². The average molecular weight is 453 g/mol. The normalized spacial score (nSPS) is 14.6. The van der Waals surface area contributed by atoms with Crippen molar-refractivity contribution in [2.24, 2.45) is 5.41 Å². The molecule has 0 saturated heterocycles. The number of nitrogens with one attached hydrogen (secondary N) is 2. The van der Waals surface area contributed by atoms with Gasteiger partial charge in [-0.2, -0.15) is 5.10 Å². The van der Waals surface area contributed by atoms with Crippen molar-refractivity contribution in [2.45, 2.75) is 39.8 Å². The molecule has 2 amide bonds. The Kier molecular flexibility index (Phi) is 6.98. The molecule has 3 rings (SSSR count). The predicted molar refractivity (Wildman–Crippen MR) is 113 cm³/mol. The van der Waals surface area contributed by atoms with Gasteiger partial charge in [-0.3, -0.25) is 9.59 Å². The van der Waals surface area contributed by atoms with Crippen LogP contribution in [0.15, 0.2) is 18.2 Å². The molecule has 10 heteroatoms. The van der Waals surface area contributed by atoms with Crippen molar-refractivity contribution < 1.29 is 23.8 Å². The molecule has 168 valence electrons. The summed E-state index contributed by atoms with van der Waals surface area (Å²) >= 11 is 5.86. The lowest BCUT2D eigenvalue weighted by atomic mass is 9.86. The number of nitrogens with zero attached hydrogens (tertiary/aromatic N) is 2.